The van der Waals surface area contributed by atoms with Gasteiger partial charge in [0.1, 0.15) is 16.6 Å². The zero-order valence-corrected chi connectivity index (χ0v) is 17.8. The minimum Gasteiger partial charge on any atom is -0.473 e. The smallest absolute Gasteiger partial charge is 0.244 e. The number of hydrogen-bond acceptors (Lipinski definition) is 8. The molecule has 0 bridgehead atoms. The van der Waals surface area contributed by atoms with Gasteiger partial charge in [-0.3, -0.25) is 4.68 Å². The van der Waals surface area contributed by atoms with E-state index < -0.39 is 0 Å². The summed E-state index contributed by atoms with van der Waals surface area (Å²) < 4.78 is 14.5. The lowest BCUT2D eigenvalue weighted by Crippen LogP contribution is -2.23. The number of anilines is 2. The Morgan fingerprint density at radius 3 is 2.83 bits per heavy atom. The molecule has 4 aromatic heterocycles. The molecule has 150 valence electrons. The molecular formula is C19H21N7OS2. The van der Waals surface area contributed by atoms with Gasteiger partial charge < -0.3 is 14.6 Å². The zero-order chi connectivity index (χ0) is 19.8. The number of aromatic nitrogens is 6. The van der Waals surface area contributed by atoms with Crippen LogP contribution in [0.2, 0.25) is 0 Å². The lowest BCUT2D eigenvalue weighted by molar-refractivity contribution is 0.187. The molecule has 0 amide bonds. The second kappa shape index (κ2) is 7.68. The quantitative estimate of drug-likeness (QED) is 0.516. The minimum atomic E-state index is 0.171. The number of thioether (sulfide) groups is 1. The van der Waals surface area contributed by atoms with E-state index in [1.807, 2.05) is 61.0 Å². The number of ether oxygens (including phenoxy) is 1. The summed E-state index contributed by atoms with van der Waals surface area (Å²) >= 11 is 3.37. The first-order chi connectivity index (χ1) is 14.2. The molecule has 0 aromatic carbocycles. The lowest BCUT2D eigenvalue weighted by Gasteiger charge is -2.23. The SMILES string of the molecule is Cc1cc(Nc2nc(OC3CCSCC3)c3c(ccn3-c3cnn(C)c3)n2)sn1. The van der Waals surface area contributed by atoms with Crippen LogP contribution in [0.3, 0.4) is 0 Å². The topological polar surface area (TPSA) is 82.7 Å². The van der Waals surface area contributed by atoms with Crippen molar-refractivity contribution in [1.29, 1.82) is 0 Å². The fourth-order valence-corrected chi connectivity index (χ4v) is 5.10. The molecule has 0 radical (unpaired) electrons. The molecule has 4 aromatic rings. The van der Waals surface area contributed by atoms with E-state index in [9.17, 15) is 0 Å². The monoisotopic (exact) mass is 427 g/mol. The van der Waals surface area contributed by atoms with Crippen LogP contribution in [0.1, 0.15) is 18.5 Å². The highest BCUT2D eigenvalue weighted by Crippen LogP contribution is 2.32. The van der Waals surface area contributed by atoms with Gasteiger partial charge in [0.25, 0.3) is 0 Å². The first-order valence-corrected chi connectivity index (χ1v) is 11.4. The van der Waals surface area contributed by atoms with Gasteiger partial charge in [0, 0.05) is 19.4 Å². The summed E-state index contributed by atoms with van der Waals surface area (Å²) in [7, 11) is 1.90. The molecule has 0 saturated carbocycles. The Labute approximate surface area is 176 Å². The Hall–Kier alpha value is -2.59. The highest BCUT2D eigenvalue weighted by Gasteiger charge is 2.21. The Morgan fingerprint density at radius 1 is 1.24 bits per heavy atom. The average Bonchev–Trinajstić information content (AvgIpc) is 3.43. The fourth-order valence-electron chi connectivity index (χ4n) is 3.38. The summed E-state index contributed by atoms with van der Waals surface area (Å²) in [5.41, 5.74) is 3.61. The van der Waals surface area contributed by atoms with Gasteiger partial charge >= 0.3 is 0 Å². The van der Waals surface area contributed by atoms with Crippen LogP contribution in [0, 0.1) is 6.92 Å². The van der Waals surface area contributed by atoms with E-state index in [4.69, 9.17) is 14.7 Å². The summed E-state index contributed by atoms with van der Waals surface area (Å²) in [6.07, 6.45) is 8.01. The molecule has 1 saturated heterocycles. The van der Waals surface area contributed by atoms with E-state index in [0.717, 1.165) is 51.8 Å². The van der Waals surface area contributed by atoms with Gasteiger partial charge in [0.05, 0.1) is 23.1 Å². The van der Waals surface area contributed by atoms with Gasteiger partial charge in [-0.15, -0.1) is 0 Å². The molecule has 0 spiro atoms. The third-order valence-electron chi connectivity index (χ3n) is 4.78. The molecule has 0 atom stereocenters. The summed E-state index contributed by atoms with van der Waals surface area (Å²) in [6.45, 7) is 1.97. The third kappa shape index (κ3) is 3.82. The molecule has 1 aliphatic rings. The van der Waals surface area contributed by atoms with Crippen molar-refractivity contribution >= 4 is 45.3 Å². The largest absolute Gasteiger partial charge is 0.473 e. The molecule has 0 unspecified atom stereocenters. The Morgan fingerprint density at radius 2 is 2.10 bits per heavy atom. The Balaban J connectivity index is 1.58. The van der Waals surface area contributed by atoms with E-state index >= 15 is 0 Å². The van der Waals surface area contributed by atoms with Crippen molar-refractivity contribution < 1.29 is 4.74 Å². The number of nitrogens with one attached hydrogen (secondary N) is 1. The number of nitrogens with zero attached hydrogens (tertiary/aromatic N) is 6. The molecule has 5 rings (SSSR count). The van der Waals surface area contributed by atoms with Crippen LogP contribution in [0.15, 0.2) is 30.7 Å². The van der Waals surface area contributed by atoms with Crippen molar-refractivity contribution in [2.24, 2.45) is 7.05 Å². The normalized spacial score (nSPS) is 15.1. The maximum absolute atomic E-state index is 6.41. The van der Waals surface area contributed by atoms with Crippen molar-refractivity contribution in [3.8, 4) is 11.6 Å². The number of aryl methyl sites for hydroxylation is 2. The maximum Gasteiger partial charge on any atom is 0.244 e. The molecule has 1 fully saturated rings. The van der Waals surface area contributed by atoms with Gasteiger partial charge in [0.15, 0.2) is 0 Å². The van der Waals surface area contributed by atoms with Crippen LogP contribution in [0.4, 0.5) is 10.9 Å². The molecule has 8 nitrogen and oxygen atoms in total. The van der Waals surface area contributed by atoms with Gasteiger partial charge in [-0.05, 0) is 54.9 Å². The van der Waals surface area contributed by atoms with Crippen LogP contribution >= 0.6 is 23.3 Å². The second-order valence-electron chi connectivity index (χ2n) is 7.03. The summed E-state index contributed by atoms with van der Waals surface area (Å²) in [5, 5.41) is 8.48. The highest BCUT2D eigenvalue weighted by molar-refractivity contribution is 7.99. The maximum atomic E-state index is 6.41. The van der Waals surface area contributed by atoms with Gasteiger partial charge in [-0.2, -0.15) is 26.2 Å². The van der Waals surface area contributed by atoms with Crippen molar-refractivity contribution in [2.75, 3.05) is 16.8 Å². The first-order valence-electron chi connectivity index (χ1n) is 9.48. The second-order valence-corrected chi connectivity index (χ2v) is 9.06. The van der Waals surface area contributed by atoms with Crippen LogP contribution in [-0.2, 0) is 7.05 Å². The van der Waals surface area contributed by atoms with Crippen molar-refractivity contribution in [2.45, 2.75) is 25.9 Å². The van der Waals surface area contributed by atoms with Gasteiger partial charge in [-0.1, -0.05) is 0 Å². The molecule has 5 heterocycles. The van der Waals surface area contributed by atoms with Gasteiger partial charge in [0.2, 0.25) is 11.8 Å². The van der Waals surface area contributed by atoms with Crippen molar-refractivity contribution in [3.63, 3.8) is 0 Å². The van der Waals surface area contributed by atoms with E-state index in [1.54, 1.807) is 4.68 Å². The molecule has 1 aliphatic heterocycles. The van der Waals surface area contributed by atoms with Gasteiger partial charge in [-0.25, -0.2) is 4.98 Å². The summed E-state index contributed by atoms with van der Waals surface area (Å²) in [6, 6.07) is 3.97. The fraction of sp³-hybridized carbons (Fsp3) is 0.368. The highest BCUT2D eigenvalue weighted by atomic mass is 32.2. The third-order valence-corrected chi connectivity index (χ3v) is 6.63. The van der Waals surface area contributed by atoms with Crippen molar-refractivity contribution in [3.05, 3.63) is 36.4 Å². The van der Waals surface area contributed by atoms with E-state index in [-0.39, 0.29) is 6.10 Å². The summed E-state index contributed by atoms with van der Waals surface area (Å²) in [4.78, 5) is 9.46. The van der Waals surface area contributed by atoms with Crippen LogP contribution in [0.5, 0.6) is 5.88 Å². The number of fused-ring (bicyclic) bond motifs is 1. The molecule has 1 N–H and O–H groups in total. The zero-order valence-electron chi connectivity index (χ0n) is 16.2. The molecule has 29 heavy (non-hydrogen) atoms. The predicted molar refractivity (Wildman–Crippen MR) is 117 cm³/mol. The summed E-state index contributed by atoms with van der Waals surface area (Å²) in [5.74, 6) is 3.36. The molecule has 10 heteroatoms. The first kappa shape index (κ1) is 18.4. The van der Waals surface area contributed by atoms with E-state index in [0.29, 0.717) is 11.8 Å². The Kier molecular flexibility index (Phi) is 4.88. The van der Waals surface area contributed by atoms with E-state index in [2.05, 4.69) is 14.8 Å². The number of hydrogen-bond donors (Lipinski definition) is 1. The predicted octanol–water partition coefficient (Wildman–Crippen LogP) is 3.94. The van der Waals surface area contributed by atoms with Crippen molar-refractivity contribution in [1.82, 2.24) is 28.7 Å². The van der Waals surface area contributed by atoms with Crippen LogP contribution in [-0.4, -0.2) is 46.3 Å². The average molecular weight is 428 g/mol. The number of rotatable bonds is 5. The Bertz CT molecular complexity index is 1140. The standard InChI is InChI=1S/C19H21N7OS2/c1-12-9-16(29-24-12)22-19-21-15-3-6-26(13-10-20-25(2)11-13)17(15)18(23-19)27-14-4-7-28-8-5-14/h3,6,9-11,14H,4-5,7-8H2,1-2H3,(H,21,22,23). The lowest BCUT2D eigenvalue weighted by atomic mass is 10.2. The van der Waals surface area contributed by atoms with E-state index in [1.165, 1.54) is 11.5 Å². The molecular weight excluding hydrogens is 406 g/mol. The minimum absolute atomic E-state index is 0.171. The molecule has 0 aliphatic carbocycles. The van der Waals surface area contributed by atoms with Crippen LogP contribution in [0.25, 0.3) is 16.7 Å². The van der Waals surface area contributed by atoms with Crippen LogP contribution < -0.4 is 10.1 Å².